The van der Waals surface area contributed by atoms with Gasteiger partial charge < -0.3 is 19.5 Å². The zero-order chi connectivity index (χ0) is 23.4. The third kappa shape index (κ3) is 4.80. The molecule has 0 spiro atoms. The number of ether oxygens (including phenoxy) is 1. The third-order valence-electron chi connectivity index (χ3n) is 6.22. The maximum absolute atomic E-state index is 13.3. The van der Waals surface area contributed by atoms with Gasteiger partial charge in [-0.05, 0) is 39.5 Å². The molecule has 176 valence electrons. The fourth-order valence-electron chi connectivity index (χ4n) is 4.32. The zero-order valence-corrected chi connectivity index (χ0v) is 19.8. The van der Waals surface area contributed by atoms with E-state index in [0.717, 1.165) is 37.2 Å². The summed E-state index contributed by atoms with van der Waals surface area (Å²) >= 11 is 0. The summed E-state index contributed by atoms with van der Waals surface area (Å²) < 4.78 is 7.52. The number of anilines is 1. The van der Waals surface area contributed by atoms with Crippen molar-refractivity contribution >= 4 is 22.9 Å². The summed E-state index contributed by atoms with van der Waals surface area (Å²) in [6.45, 7) is 8.03. The van der Waals surface area contributed by atoms with E-state index in [1.165, 1.54) is 6.33 Å². The van der Waals surface area contributed by atoms with Crippen LogP contribution in [-0.2, 0) is 16.1 Å². The SMILES string of the molecule is CC[C@@H](Nc1ncnc2c1nc(-c1cnc(C)nc1)n2CC)C(=O)N1CCCC(OC)CC1. The highest BCUT2D eigenvalue weighted by Gasteiger charge is 2.27. The molecule has 2 atom stereocenters. The summed E-state index contributed by atoms with van der Waals surface area (Å²) in [6.07, 6.45) is 8.70. The number of aromatic nitrogens is 6. The van der Waals surface area contributed by atoms with E-state index in [9.17, 15) is 4.79 Å². The van der Waals surface area contributed by atoms with Gasteiger partial charge in [-0.3, -0.25) is 4.79 Å². The second-order valence-corrected chi connectivity index (χ2v) is 8.31. The van der Waals surface area contributed by atoms with Crippen LogP contribution in [-0.4, -0.2) is 72.6 Å². The number of carbonyl (C=O) groups excluding carboxylic acids is 1. The van der Waals surface area contributed by atoms with Gasteiger partial charge in [-0.2, -0.15) is 0 Å². The number of nitrogens with one attached hydrogen (secondary N) is 1. The minimum Gasteiger partial charge on any atom is -0.381 e. The molecule has 4 rings (SSSR count). The molecule has 1 fully saturated rings. The second kappa shape index (κ2) is 10.2. The minimum absolute atomic E-state index is 0.0862. The van der Waals surface area contributed by atoms with E-state index in [2.05, 4.69) is 25.3 Å². The Morgan fingerprint density at radius 3 is 2.67 bits per heavy atom. The lowest BCUT2D eigenvalue weighted by Gasteiger charge is -2.26. The first kappa shape index (κ1) is 23.0. The maximum atomic E-state index is 13.3. The standard InChI is InChI=1S/C23H32N8O2/c1-5-18(23(32)30-10-7-8-17(33-4)9-11-30)28-20-19-22(27-14-26-20)31(6-2)21(29-19)16-12-24-15(3)25-13-16/h12-14,17-18H,5-11H2,1-4H3,(H,26,27,28)/t17?,18-/m1/s1. The second-order valence-electron chi connectivity index (χ2n) is 8.31. The van der Waals surface area contributed by atoms with Gasteiger partial charge in [-0.25, -0.2) is 24.9 Å². The molecule has 3 aromatic heterocycles. The molecule has 1 aliphatic heterocycles. The Labute approximate surface area is 193 Å². The van der Waals surface area contributed by atoms with Crippen LogP contribution in [0.3, 0.4) is 0 Å². The van der Waals surface area contributed by atoms with Gasteiger partial charge in [0.25, 0.3) is 0 Å². The normalized spacial score (nSPS) is 17.7. The average Bonchev–Trinajstić information content (AvgIpc) is 3.05. The summed E-state index contributed by atoms with van der Waals surface area (Å²) in [7, 11) is 1.74. The van der Waals surface area contributed by atoms with Gasteiger partial charge in [0.05, 0.1) is 11.7 Å². The number of hydrogen-bond acceptors (Lipinski definition) is 8. The lowest BCUT2D eigenvalue weighted by molar-refractivity contribution is -0.132. The molecular weight excluding hydrogens is 420 g/mol. The molecule has 0 bridgehead atoms. The predicted molar refractivity (Wildman–Crippen MR) is 126 cm³/mol. The fourth-order valence-corrected chi connectivity index (χ4v) is 4.32. The van der Waals surface area contributed by atoms with Gasteiger partial charge in [0.15, 0.2) is 17.0 Å². The number of rotatable bonds is 7. The van der Waals surface area contributed by atoms with E-state index in [1.807, 2.05) is 30.2 Å². The molecule has 10 nitrogen and oxygen atoms in total. The Bertz CT molecular complexity index is 1100. The Kier molecular flexibility index (Phi) is 7.12. The van der Waals surface area contributed by atoms with E-state index < -0.39 is 0 Å². The van der Waals surface area contributed by atoms with Crippen molar-refractivity contribution in [1.82, 2.24) is 34.4 Å². The number of amides is 1. The summed E-state index contributed by atoms with van der Waals surface area (Å²) in [5.41, 5.74) is 2.16. The number of likely N-dealkylation sites (tertiary alicyclic amines) is 1. The smallest absolute Gasteiger partial charge is 0.245 e. The number of aryl methyl sites for hydroxylation is 2. The maximum Gasteiger partial charge on any atom is 0.245 e. The molecule has 0 radical (unpaired) electrons. The monoisotopic (exact) mass is 452 g/mol. The van der Waals surface area contributed by atoms with Crippen LogP contribution in [0.4, 0.5) is 5.82 Å². The first-order valence-corrected chi connectivity index (χ1v) is 11.6. The molecule has 0 aliphatic carbocycles. The van der Waals surface area contributed by atoms with Gasteiger partial charge in [-0.1, -0.05) is 6.92 Å². The number of fused-ring (bicyclic) bond motifs is 1. The summed E-state index contributed by atoms with van der Waals surface area (Å²) in [5.74, 6) is 2.08. The van der Waals surface area contributed by atoms with Crippen molar-refractivity contribution < 1.29 is 9.53 Å². The van der Waals surface area contributed by atoms with Crippen LogP contribution >= 0.6 is 0 Å². The Morgan fingerprint density at radius 1 is 1.18 bits per heavy atom. The highest BCUT2D eigenvalue weighted by molar-refractivity contribution is 5.90. The highest BCUT2D eigenvalue weighted by Crippen LogP contribution is 2.27. The van der Waals surface area contributed by atoms with Crippen molar-refractivity contribution in [2.24, 2.45) is 0 Å². The van der Waals surface area contributed by atoms with E-state index in [-0.39, 0.29) is 18.1 Å². The lowest BCUT2D eigenvalue weighted by Crippen LogP contribution is -2.43. The van der Waals surface area contributed by atoms with Crippen LogP contribution in [0.5, 0.6) is 0 Å². The molecule has 33 heavy (non-hydrogen) atoms. The molecule has 0 saturated carbocycles. The molecular formula is C23H32N8O2. The molecule has 1 N–H and O–H groups in total. The van der Waals surface area contributed by atoms with Gasteiger partial charge in [-0.15, -0.1) is 0 Å². The molecule has 3 aromatic rings. The zero-order valence-electron chi connectivity index (χ0n) is 19.8. The van der Waals surface area contributed by atoms with E-state index >= 15 is 0 Å². The summed E-state index contributed by atoms with van der Waals surface area (Å²) in [6, 6.07) is -0.389. The first-order chi connectivity index (χ1) is 16.0. The van der Waals surface area contributed by atoms with Crippen molar-refractivity contribution in [2.45, 2.75) is 65.1 Å². The number of imidazole rings is 1. The molecule has 4 heterocycles. The van der Waals surface area contributed by atoms with E-state index in [4.69, 9.17) is 9.72 Å². The molecule has 10 heteroatoms. The number of nitrogens with zero attached hydrogens (tertiary/aromatic N) is 7. The summed E-state index contributed by atoms with van der Waals surface area (Å²) in [5, 5.41) is 3.36. The van der Waals surface area contributed by atoms with Crippen LogP contribution in [0, 0.1) is 6.92 Å². The molecule has 1 unspecified atom stereocenters. The average molecular weight is 453 g/mol. The van der Waals surface area contributed by atoms with Gasteiger partial charge in [0, 0.05) is 39.1 Å². The quantitative estimate of drug-likeness (QED) is 0.583. The van der Waals surface area contributed by atoms with E-state index in [1.54, 1.807) is 19.5 Å². The van der Waals surface area contributed by atoms with Crippen LogP contribution in [0.15, 0.2) is 18.7 Å². The molecule has 1 amide bonds. The Balaban J connectivity index is 1.62. The predicted octanol–water partition coefficient (Wildman–Crippen LogP) is 2.83. The molecule has 0 aromatic carbocycles. The van der Waals surface area contributed by atoms with Crippen LogP contribution < -0.4 is 5.32 Å². The Morgan fingerprint density at radius 2 is 1.97 bits per heavy atom. The van der Waals surface area contributed by atoms with Crippen LogP contribution in [0.25, 0.3) is 22.6 Å². The van der Waals surface area contributed by atoms with Gasteiger partial charge in [0.2, 0.25) is 5.91 Å². The third-order valence-corrected chi connectivity index (χ3v) is 6.22. The highest BCUT2D eigenvalue weighted by atomic mass is 16.5. The van der Waals surface area contributed by atoms with Gasteiger partial charge >= 0.3 is 0 Å². The van der Waals surface area contributed by atoms with E-state index in [0.29, 0.717) is 42.3 Å². The minimum atomic E-state index is -0.389. The Hall–Kier alpha value is -3.14. The summed E-state index contributed by atoms with van der Waals surface area (Å²) in [4.78, 5) is 37.6. The van der Waals surface area contributed by atoms with Crippen molar-refractivity contribution in [1.29, 1.82) is 0 Å². The number of methoxy groups -OCH3 is 1. The van der Waals surface area contributed by atoms with Gasteiger partial charge in [0.1, 0.15) is 24.0 Å². The first-order valence-electron chi connectivity index (χ1n) is 11.6. The lowest BCUT2D eigenvalue weighted by atomic mass is 10.2. The fraction of sp³-hybridized carbons (Fsp3) is 0.565. The van der Waals surface area contributed by atoms with Crippen molar-refractivity contribution in [2.75, 3.05) is 25.5 Å². The largest absolute Gasteiger partial charge is 0.381 e. The van der Waals surface area contributed by atoms with Crippen molar-refractivity contribution in [3.63, 3.8) is 0 Å². The molecule has 1 aliphatic rings. The topological polar surface area (TPSA) is 111 Å². The molecule has 1 saturated heterocycles. The number of carbonyl (C=O) groups is 1. The van der Waals surface area contributed by atoms with Crippen LogP contribution in [0.2, 0.25) is 0 Å². The van der Waals surface area contributed by atoms with Crippen molar-refractivity contribution in [3.8, 4) is 11.4 Å². The van der Waals surface area contributed by atoms with Crippen molar-refractivity contribution in [3.05, 3.63) is 24.5 Å². The van der Waals surface area contributed by atoms with Crippen LogP contribution in [0.1, 0.15) is 45.4 Å². The number of hydrogen-bond donors (Lipinski definition) is 1.